The van der Waals surface area contributed by atoms with Crippen molar-refractivity contribution < 1.29 is 9.47 Å². The normalized spacial score (nSPS) is 20.1. The van der Waals surface area contributed by atoms with Gasteiger partial charge in [0.05, 0.1) is 14.2 Å². The number of rotatable bonds is 3. The summed E-state index contributed by atoms with van der Waals surface area (Å²) in [6.45, 7) is 2.92. The molecule has 1 aromatic rings. The van der Waals surface area contributed by atoms with Gasteiger partial charge in [0.25, 0.3) is 0 Å². The van der Waals surface area contributed by atoms with Gasteiger partial charge in [0, 0.05) is 25.7 Å². The fourth-order valence-corrected chi connectivity index (χ4v) is 2.53. The SMILES string of the molecule is COc1cc([C@H]2CNCCN2)cc(OC)c1Br. The van der Waals surface area contributed by atoms with Crippen molar-refractivity contribution in [2.45, 2.75) is 6.04 Å². The highest BCUT2D eigenvalue weighted by Gasteiger charge is 2.18. The summed E-state index contributed by atoms with van der Waals surface area (Å²) in [4.78, 5) is 0. The second-order valence-electron chi connectivity index (χ2n) is 3.95. The molecule has 1 aromatic carbocycles. The molecule has 1 heterocycles. The highest BCUT2D eigenvalue weighted by Crippen LogP contribution is 2.37. The maximum absolute atomic E-state index is 5.34. The number of benzene rings is 1. The van der Waals surface area contributed by atoms with Crippen LogP contribution in [0.15, 0.2) is 16.6 Å². The molecule has 2 rings (SSSR count). The lowest BCUT2D eigenvalue weighted by atomic mass is 10.0. The fraction of sp³-hybridized carbons (Fsp3) is 0.500. The number of methoxy groups -OCH3 is 2. The van der Waals surface area contributed by atoms with E-state index in [-0.39, 0.29) is 0 Å². The van der Waals surface area contributed by atoms with Crippen LogP contribution < -0.4 is 20.1 Å². The van der Waals surface area contributed by atoms with E-state index < -0.39 is 0 Å². The Bertz CT molecular complexity index is 367. The van der Waals surface area contributed by atoms with E-state index >= 15 is 0 Å². The van der Waals surface area contributed by atoms with Crippen LogP contribution in [0.2, 0.25) is 0 Å². The van der Waals surface area contributed by atoms with Crippen LogP contribution in [-0.4, -0.2) is 33.9 Å². The first-order valence-corrected chi connectivity index (χ1v) is 6.41. The van der Waals surface area contributed by atoms with Crippen molar-refractivity contribution in [3.8, 4) is 11.5 Å². The molecule has 94 valence electrons. The Morgan fingerprint density at radius 3 is 2.29 bits per heavy atom. The quantitative estimate of drug-likeness (QED) is 0.892. The molecule has 5 heteroatoms. The van der Waals surface area contributed by atoms with Crippen LogP contribution in [0.1, 0.15) is 11.6 Å². The van der Waals surface area contributed by atoms with Crippen molar-refractivity contribution in [3.05, 3.63) is 22.2 Å². The molecular weight excluding hydrogens is 284 g/mol. The standard InChI is InChI=1S/C12H17BrN2O2/c1-16-10-5-8(6-11(17-2)12(10)13)9-7-14-3-4-15-9/h5-6,9,14-15H,3-4,7H2,1-2H3/t9-/m1/s1. The Hall–Kier alpha value is -0.780. The molecule has 1 saturated heterocycles. The van der Waals surface area contributed by atoms with E-state index in [0.717, 1.165) is 35.6 Å². The fourth-order valence-electron chi connectivity index (χ4n) is 1.98. The molecule has 0 aliphatic carbocycles. The number of piperazine rings is 1. The number of halogens is 1. The summed E-state index contributed by atoms with van der Waals surface area (Å²) in [7, 11) is 3.33. The van der Waals surface area contributed by atoms with Crippen molar-refractivity contribution in [2.24, 2.45) is 0 Å². The molecule has 0 aromatic heterocycles. The predicted molar refractivity (Wildman–Crippen MR) is 70.9 cm³/mol. The summed E-state index contributed by atoms with van der Waals surface area (Å²) in [6, 6.07) is 4.38. The first-order chi connectivity index (χ1) is 8.26. The topological polar surface area (TPSA) is 42.5 Å². The molecular formula is C12H17BrN2O2. The first kappa shape index (κ1) is 12.7. The summed E-state index contributed by atoms with van der Waals surface area (Å²) in [5, 5.41) is 6.84. The second kappa shape index (κ2) is 5.71. The van der Waals surface area contributed by atoms with Crippen LogP contribution in [0.4, 0.5) is 0 Å². The smallest absolute Gasteiger partial charge is 0.137 e. The molecule has 0 amide bonds. The molecule has 0 bridgehead atoms. The molecule has 0 radical (unpaired) electrons. The van der Waals surface area contributed by atoms with E-state index in [1.165, 1.54) is 5.56 Å². The summed E-state index contributed by atoms with van der Waals surface area (Å²) in [5.74, 6) is 1.60. The molecule has 1 aliphatic rings. The average Bonchev–Trinajstić information content (AvgIpc) is 2.40. The maximum atomic E-state index is 5.34. The van der Waals surface area contributed by atoms with Gasteiger partial charge < -0.3 is 20.1 Å². The van der Waals surface area contributed by atoms with Crippen LogP contribution >= 0.6 is 15.9 Å². The Morgan fingerprint density at radius 2 is 1.82 bits per heavy atom. The van der Waals surface area contributed by atoms with Gasteiger partial charge in [-0.15, -0.1) is 0 Å². The average molecular weight is 301 g/mol. The van der Waals surface area contributed by atoms with Gasteiger partial charge in [0.15, 0.2) is 0 Å². The molecule has 0 unspecified atom stereocenters. The lowest BCUT2D eigenvalue weighted by molar-refractivity contribution is 0.382. The van der Waals surface area contributed by atoms with Crippen LogP contribution in [-0.2, 0) is 0 Å². The molecule has 2 N–H and O–H groups in total. The predicted octanol–water partition coefficient (Wildman–Crippen LogP) is 1.70. The minimum Gasteiger partial charge on any atom is -0.495 e. The monoisotopic (exact) mass is 300 g/mol. The molecule has 4 nitrogen and oxygen atoms in total. The largest absolute Gasteiger partial charge is 0.495 e. The van der Waals surface area contributed by atoms with Gasteiger partial charge >= 0.3 is 0 Å². The van der Waals surface area contributed by atoms with Gasteiger partial charge in [-0.25, -0.2) is 0 Å². The third-order valence-electron chi connectivity index (χ3n) is 2.91. The molecule has 0 spiro atoms. The Morgan fingerprint density at radius 1 is 1.18 bits per heavy atom. The number of hydrogen-bond donors (Lipinski definition) is 2. The Labute approximate surface area is 110 Å². The third-order valence-corrected chi connectivity index (χ3v) is 3.69. The number of hydrogen-bond acceptors (Lipinski definition) is 4. The Balaban J connectivity index is 2.33. The number of ether oxygens (including phenoxy) is 2. The van der Waals surface area contributed by atoms with Crippen LogP contribution in [0.5, 0.6) is 11.5 Å². The third kappa shape index (κ3) is 2.73. The molecule has 1 fully saturated rings. The Kier molecular flexibility index (Phi) is 4.25. The molecule has 1 aliphatic heterocycles. The molecule has 0 saturated carbocycles. The zero-order valence-corrected chi connectivity index (χ0v) is 11.6. The van der Waals surface area contributed by atoms with E-state index in [2.05, 4.69) is 26.6 Å². The maximum Gasteiger partial charge on any atom is 0.137 e. The van der Waals surface area contributed by atoms with E-state index in [9.17, 15) is 0 Å². The zero-order chi connectivity index (χ0) is 12.3. The molecule has 17 heavy (non-hydrogen) atoms. The van der Waals surface area contributed by atoms with Crippen molar-refractivity contribution in [3.63, 3.8) is 0 Å². The van der Waals surface area contributed by atoms with Gasteiger partial charge in [-0.1, -0.05) is 0 Å². The van der Waals surface area contributed by atoms with Crippen LogP contribution in [0.25, 0.3) is 0 Å². The van der Waals surface area contributed by atoms with Crippen molar-refractivity contribution >= 4 is 15.9 Å². The first-order valence-electron chi connectivity index (χ1n) is 5.61. The summed E-state index contributed by atoms with van der Waals surface area (Å²) >= 11 is 3.47. The van der Waals surface area contributed by atoms with Crippen molar-refractivity contribution in [2.75, 3.05) is 33.9 Å². The van der Waals surface area contributed by atoms with Gasteiger partial charge in [0.1, 0.15) is 16.0 Å². The van der Waals surface area contributed by atoms with Crippen molar-refractivity contribution in [1.29, 1.82) is 0 Å². The van der Waals surface area contributed by atoms with Crippen LogP contribution in [0.3, 0.4) is 0 Å². The zero-order valence-electron chi connectivity index (χ0n) is 10.0. The van der Waals surface area contributed by atoms with Gasteiger partial charge in [0.2, 0.25) is 0 Å². The summed E-state index contributed by atoms with van der Waals surface area (Å²) in [5.41, 5.74) is 1.18. The summed E-state index contributed by atoms with van der Waals surface area (Å²) in [6.07, 6.45) is 0. The number of nitrogens with one attached hydrogen (secondary N) is 2. The highest BCUT2D eigenvalue weighted by atomic mass is 79.9. The van der Waals surface area contributed by atoms with E-state index in [1.54, 1.807) is 14.2 Å². The minimum absolute atomic E-state index is 0.305. The van der Waals surface area contributed by atoms with Gasteiger partial charge in [-0.2, -0.15) is 0 Å². The lowest BCUT2D eigenvalue weighted by Crippen LogP contribution is -2.42. The summed E-state index contributed by atoms with van der Waals surface area (Å²) < 4.78 is 11.5. The van der Waals surface area contributed by atoms with E-state index in [1.807, 2.05) is 12.1 Å². The highest BCUT2D eigenvalue weighted by molar-refractivity contribution is 9.10. The van der Waals surface area contributed by atoms with E-state index in [0.29, 0.717) is 6.04 Å². The van der Waals surface area contributed by atoms with Crippen LogP contribution in [0, 0.1) is 0 Å². The van der Waals surface area contributed by atoms with E-state index in [4.69, 9.17) is 9.47 Å². The lowest BCUT2D eigenvalue weighted by Gasteiger charge is -2.25. The second-order valence-corrected chi connectivity index (χ2v) is 4.74. The van der Waals surface area contributed by atoms with Gasteiger partial charge in [-0.3, -0.25) is 0 Å². The van der Waals surface area contributed by atoms with Crippen molar-refractivity contribution in [1.82, 2.24) is 10.6 Å². The molecule has 1 atom stereocenters. The van der Waals surface area contributed by atoms with Gasteiger partial charge in [-0.05, 0) is 33.6 Å². The minimum atomic E-state index is 0.305.